The van der Waals surface area contributed by atoms with Crippen LogP contribution in [0.1, 0.15) is 36.7 Å². The number of ether oxygens (including phenoxy) is 1. The number of piperazine rings is 1. The molecule has 170 valence electrons. The zero-order valence-electron chi connectivity index (χ0n) is 18.4. The molecule has 4 rings (SSSR count). The molecule has 0 aromatic heterocycles. The lowest BCUT2D eigenvalue weighted by Gasteiger charge is -2.34. The first-order valence-corrected chi connectivity index (χ1v) is 12.0. The molecule has 32 heavy (non-hydrogen) atoms. The second-order valence-corrected chi connectivity index (χ2v) is 11.0. The van der Waals surface area contributed by atoms with E-state index < -0.39 is 10.0 Å². The summed E-state index contributed by atoms with van der Waals surface area (Å²) in [5.41, 5.74) is 1.99. The van der Waals surface area contributed by atoms with E-state index in [1.54, 1.807) is 35.2 Å². The lowest BCUT2D eigenvalue weighted by atomic mass is 9.87. The molecule has 2 amide bonds. The Bertz CT molecular complexity index is 1150. The third kappa shape index (κ3) is 4.35. The summed E-state index contributed by atoms with van der Waals surface area (Å²) in [5, 5.41) is 2.69. The smallest absolute Gasteiger partial charge is 0.262 e. The monoisotopic (exact) mass is 457 g/mol. The molecule has 9 heteroatoms. The Morgan fingerprint density at radius 3 is 2.28 bits per heavy atom. The van der Waals surface area contributed by atoms with Crippen molar-refractivity contribution in [2.24, 2.45) is 0 Å². The van der Waals surface area contributed by atoms with Crippen molar-refractivity contribution < 1.29 is 22.7 Å². The van der Waals surface area contributed by atoms with E-state index in [1.165, 1.54) is 4.31 Å². The van der Waals surface area contributed by atoms with Crippen molar-refractivity contribution in [1.82, 2.24) is 9.21 Å². The maximum Gasteiger partial charge on any atom is 0.262 e. The van der Waals surface area contributed by atoms with Crippen LogP contribution in [0.2, 0.25) is 0 Å². The van der Waals surface area contributed by atoms with Crippen molar-refractivity contribution in [3.05, 3.63) is 53.6 Å². The number of benzene rings is 2. The van der Waals surface area contributed by atoms with E-state index in [9.17, 15) is 18.0 Å². The Morgan fingerprint density at radius 2 is 1.66 bits per heavy atom. The van der Waals surface area contributed by atoms with E-state index in [0.29, 0.717) is 30.1 Å². The lowest BCUT2D eigenvalue weighted by Crippen LogP contribution is -2.50. The van der Waals surface area contributed by atoms with Crippen molar-refractivity contribution in [1.29, 1.82) is 0 Å². The highest BCUT2D eigenvalue weighted by molar-refractivity contribution is 7.89. The van der Waals surface area contributed by atoms with Crippen LogP contribution in [0.5, 0.6) is 5.75 Å². The molecule has 0 unspecified atom stereocenters. The molecular weight excluding hydrogens is 430 g/mol. The Morgan fingerprint density at radius 1 is 1.00 bits per heavy atom. The summed E-state index contributed by atoms with van der Waals surface area (Å²) in [7, 11) is -3.62. The van der Waals surface area contributed by atoms with Gasteiger partial charge < -0.3 is 15.0 Å². The number of hydrogen-bond acceptors (Lipinski definition) is 5. The van der Waals surface area contributed by atoms with Crippen LogP contribution in [-0.2, 0) is 20.2 Å². The molecule has 2 heterocycles. The predicted octanol–water partition coefficient (Wildman–Crippen LogP) is 2.46. The second kappa shape index (κ2) is 8.22. The van der Waals surface area contributed by atoms with Gasteiger partial charge in [-0.2, -0.15) is 4.31 Å². The Balaban J connectivity index is 1.42. The molecule has 0 aliphatic carbocycles. The van der Waals surface area contributed by atoms with Gasteiger partial charge in [-0.3, -0.25) is 9.59 Å². The highest BCUT2D eigenvalue weighted by Gasteiger charge is 2.31. The number of sulfonamides is 1. The number of amides is 2. The molecule has 0 bridgehead atoms. The zero-order chi connectivity index (χ0) is 23.1. The van der Waals surface area contributed by atoms with Gasteiger partial charge in [0.1, 0.15) is 5.75 Å². The number of hydrogen-bond donors (Lipinski definition) is 1. The summed E-state index contributed by atoms with van der Waals surface area (Å²) in [6, 6.07) is 11.9. The van der Waals surface area contributed by atoms with E-state index in [2.05, 4.69) is 26.1 Å². The van der Waals surface area contributed by atoms with E-state index in [0.717, 1.165) is 5.56 Å². The van der Waals surface area contributed by atoms with E-state index >= 15 is 0 Å². The molecule has 0 spiro atoms. The fourth-order valence-electron chi connectivity index (χ4n) is 3.80. The summed E-state index contributed by atoms with van der Waals surface area (Å²) in [4.78, 5) is 26.2. The average Bonchev–Trinajstić information content (AvgIpc) is 2.78. The topological polar surface area (TPSA) is 96.0 Å². The SMILES string of the molecule is CC(C)(C)c1ccc(S(=O)(=O)N2CCN(C(=O)c3ccc4c(c3)OCC(=O)N4)CC2)cc1. The normalized spacial score (nSPS) is 17.3. The van der Waals surface area contributed by atoms with Gasteiger partial charge in [0.15, 0.2) is 6.61 Å². The minimum atomic E-state index is -3.62. The van der Waals surface area contributed by atoms with Crippen LogP contribution in [-0.4, -0.2) is 62.2 Å². The van der Waals surface area contributed by atoms with Gasteiger partial charge in [0.05, 0.1) is 10.6 Å². The standard InChI is InChI=1S/C23H27N3O5S/c1-23(2,3)17-5-7-18(8-6-17)32(29,30)26-12-10-25(11-13-26)22(28)16-4-9-19-20(14-16)31-15-21(27)24-19/h4-9,14H,10-13,15H2,1-3H3,(H,24,27). The van der Waals surface area contributed by atoms with Crippen LogP contribution >= 0.6 is 0 Å². The van der Waals surface area contributed by atoms with Gasteiger partial charge in [-0.15, -0.1) is 0 Å². The minimum Gasteiger partial charge on any atom is -0.482 e. The molecule has 0 saturated carbocycles. The number of anilines is 1. The van der Waals surface area contributed by atoms with Gasteiger partial charge in [0.2, 0.25) is 10.0 Å². The van der Waals surface area contributed by atoms with E-state index in [1.807, 2.05) is 12.1 Å². The van der Waals surface area contributed by atoms with Crippen molar-refractivity contribution in [2.45, 2.75) is 31.1 Å². The molecule has 1 fully saturated rings. The van der Waals surface area contributed by atoms with Crippen LogP contribution < -0.4 is 10.1 Å². The molecule has 2 aliphatic heterocycles. The summed E-state index contributed by atoms with van der Waals surface area (Å²) in [5.74, 6) is 0.0252. The van der Waals surface area contributed by atoms with Crippen LogP contribution in [0.25, 0.3) is 0 Å². The molecule has 2 aromatic rings. The first-order chi connectivity index (χ1) is 15.1. The number of carbonyl (C=O) groups is 2. The molecule has 0 radical (unpaired) electrons. The van der Waals surface area contributed by atoms with Gasteiger partial charge in [-0.05, 0) is 41.3 Å². The quantitative estimate of drug-likeness (QED) is 0.764. The van der Waals surface area contributed by atoms with Crippen LogP contribution in [0, 0.1) is 0 Å². The third-order valence-electron chi connectivity index (χ3n) is 5.75. The molecule has 0 atom stereocenters. The van der Waals surface area contributed by atoms with E-state index in [4.69, 9.17) is 4.74 Å². The molecule has 1 N–H and O–H groups in total. The second-order valence-electron chi connectivity index (χ2n) is 9.02. The molecule has 8 nitrogen and oxygen atoms in total. The minimum absolute atomic E-state index is 0.0540. The summed E-state index contributed by atoms with van der Waals surface area (Å²) in [6.45, 7) is 7.21. The molecule has 1 saturated heterocycles. The highest BCUT2D eigenvalue weighted by Crippen LogP contribution is 2.29. The fourth-order valence-corrected chi connectivity index (χ4v) is 5.22. The Hall–Kier alpha value is -2.91. The van der Waals surface area contributed by atoms with Gasteiger partial charge in [-0.1, -0.05) is 32.9 Å². The van der Waals surface area contributed by atoms with Crippen LogP contribution in [0.3, 0.4) is 0 Å². The number of rotatable bonds is 3. The summed E-state index contributed by atoms with van der Waals surface area (Å²) in [6.07, 6.45) is 0. The number of fused-ring (bicyclic) bond motifs is 1. The van der Waals surface area contributed by atoms with Crippen molar-refractivity contribution in [2.75, 3.05) is 38.1 Å². The van der Waals surface area contributed by atoms with Gasteiger partial charge in [-0.25, -0.2) is 8.42 Å². The number of carbonyl (C=O) groups excluding carboxylic acids is 2. The van der Waals surface area contributed by atoms with Gasteiger partial charge in [0.25, 0.3) is 11.8 Å². The molecular formula is C23H27N3O5S. The van der Waals surface area contributed by atoms with Crippen LogP contribution in [0.15, 0.2) is 47.4 Å². The van der Waals surface area contributed by atoms with Crippen molar-refractivity contribution >= 4 is 27.5 Å². The summed E-state index contributed by atoms with van der Waals surface area (Å²) < 4.78 is 32.9. The maximum atomic E-state index is 13.1. The maximum absolute atomic E-state index is 13.1. The number of nitrogens with one attached hydrogen (secondary N) is 1. The fraction of sp³-hybridized carbons (Fsp3) is 0.391. The zero-order valence-corrected chi connectivity index (χ0v) is 19.2. The average molecular weight is 458 g/mol. The lowest BCUT2D eigenvalue weighted by molar-refractivity contribution is -0.118. The van der Waals surface area contributed by atoms with Gasteiger partial charge >= 0.3 is 0 Å². The third-order valence-corrected chi connectivity index (χ3v) is 7.66. The van der Waals surface area contributed by atoms with Crippen molar-refractivity contribution in [3.8, 4) is 5.75 Å². The highest BCUT2D eigenvalue weighted by atomic mass is 32.2. The Kier molecular flexibility index (Phi) is 5.72. The van der Waals surface area contributed by atoms with Gasteiger partial charge in [0, 0.05) is 31.7 Å². The Labute approximate surface area is 188 Å². The van der Waals surface area contributed by atoms with E-state index in [-0.39, 0.29) is 41.8 Å². The predicted molar refractivity (Wildman–Crippen MR) is 120 cm³/mol. The largest absolute Gasteiger partial charge is 0.482 e. The number of nitrogens with zero attached hydrogens (tertiary/aromatic N) is 2. The van der Waals surface area contributed by atoms with Crippen LogP contribution in [0.4, 0.5) is 5.69 Å². The first kappa shape index (κ1) is 22.3. The van der Waals surface area contributed by atoms with Crippen molar-refractivity contribution in [3.63, 3.8) is 0 Å². The summed E-state index contributed by atoms with van der Waals surface area (Å²) >= 11 is 0. The first-order valence-electron chi connectivity index (χ1n) is 10.5. The molecule has 2 aromatic carbocycles. The molecule has 2 aliphatic rings.